The zero-order chi connectivity index (χ0) is 18.5. The number of carbonyl (C=O) groups is 1. The molecule has 0 atom stereocenters. The van der Waals surface area contributed by atoms with E-state index in [0.717, 1.165) is 35.5 Å². The summed E-state index contributed by atoms with van der Waals surface area (Å²) in [5.41, 5.74) is 3.40. The van der Waals surface area contributed by atoms with Gasteiger partial charge in [-0.1, -0.05) is 0 Å². The molecule has 28 heavy (non-hydrogen) atoms. The van der Waals surface area contributed by atoms with E-state index in [0.29, 0.717) is 17.1 Å². The summed E-state index contributed by atoms with van der Waals surface area (Å²) < 4.78 is 21.7. The van der Waals surface area contributed by atoms with Gasteiger partial charge in [-0.3, -0.25) is 0 Å². The first-order valence-electron chi connectivity index (χ1n) is 8.61. The Labute approximate surface area is 183 Å². The third kappa shape index (κ3) is 2.99. The number of carboxylic acids is 1. The van der Waals surface area contributed by atoms with Crippen LogP contribution >= 0.6 is 0 Å². The second-order valence-electron chi connectivity index (χ2n) is 6.61. The van der Waals surface area contributed by atoms with Gasteiger partial charge in [-0.15, -0.1) is 0 Å². The summed E-state index contributed by atoms with van der Waals surface area (Å²) in [5.74, 6) is 0.777. The standard InChI is InChI=1S/C20H17NO6.Na/c1-21-5-4-11-7-16-17(26-9-25-16)8-12(11)6-14(21)13-2-3-15-19(27-10-24-15)18(13)20(22)23;/h2-3,6-8H,4-5,9-10H2,1H3,(H,22,23);/q;+1/p-1. The third-order valence-corrected chi connectivity index (χ3v) is 5.07. The number of carbonyl (C=O) groups excluding carboxylic acids is 1. The normalized spacial score (nSPS) is 16.0. The Bertz CT molecular complexity index is 1000. The van der Waals surface area contributed by atoms with Crippen molar-refractivity contribution in [2.24, 2.45) is 0 Å². The van der Waals surface area contributed by atoms with Crippen LogP contribution in [-0.4, -0.2) is 38.0 Å². The minimum atomic E-state index is -1.29. The quantitative estimate of drug-likeness (QED) is 0.579. The minimum Gasteiger partial charge on any atom is -0.545 e. The fourth-order valence-electron chi connectivity index (χ4n) is 3.69. The Morgan fingerprint density at radius 3 is 2.54 bits per heavy atom. The third-order valence-electron chi connectivity index (χ3n) is 5.07. The molecule has 0 radical (unpaired) electrons. The van der Waals surface area contributed by atoms with Crippen LogP contribution in [0.25, 0.3) is 11.8 Å². The Morgan fingerprint density at radius 1 is 1.04 bits per heavy atom. The van der Waals surface area contributed by atoms with Gasteiger partial charge in [0.1, 0.15) is 0 Å². The number of likely N-dealkylation sites (N-methyl/N-ethyl adjacent to an activating group) is 1. The van der Waals surface area contributed by atoms with Gasteiger partial charge in [-0.05, 0) is 47.9 Å². The number of hydrogen-bond donors (Lipinski definition) is 0. The van der Waals surface area contributed by atoms with Gasteiger partial charge in [0.2, 0.25) is 13.6 Å². The number of aromatic carboxylic acids is 1. The van der Waals surface area contributed by atoms with Crippen LogP contribution in [0, 0.1) is 0 Å². The topological polar surface area (TPSA) is 80.3 Å². The summed E-state index contributed by atoms with van der Waals surface area (Å²) in [7, 11) is 1.93. The minimum absolute atomic E-state index is 0. The Morgan fingerprint density at radius 2 is 1.75 bits per heavy atom. The van der Waals surface area contributed by atoms with Gasteiger partial charge in [0, 0.05) is 24.9 Å². The van der Waals surface area contributed by atoms with Gasteiger partial charge < -0.3 is 33.7 Å². The summed E-state index contributed by atoms with van der Waals surface area (Å²) in [6.45, 7) is 0.936. The second-order valence-corrected chi connectivity index (χ2v) is 6.61. The number of nitrogens with zero attached hydrogens (tertiary/aromatic N) is 1. The maximum absolute atomic E-state index is 11.9. The average molecular weight is 389 g/mol. The monoisotopic (exact) mass is 389 g/mol. The zero-order valence-corrected chi connectivity index (χ0v) is 17.6. The molecule has 3 aliphatic heterocycles. The molecule has 7 nitrogen and oxygen atoms in total. The molecule has 0 spiro atoms. The predicted octanol–water partition coefficient (Wildman–Crippen LogP) is -1.50. The maximum atomic E-state index is 11.9. The number of hydrogen-bond acceptors (Lipinski definition) is 7. The van der Waals surface area contributed by atoms with Gasteiger partial charge >= 0.3 is 29.6 Å². The first-order valence-corrected chi connectivity index (χ1v) is 8.61. The van der Waals surface area contributed by atoms with Crippen LogP contribution in [0.4, 0.5) is 0 Å². The van der Waals surface area contributed by atoms with E-state index in [-0.39, 0.29) is 54.5 Å². The van der Waals surface area contributed by atoms with Crippen molar-refractivity contribution in [2.75, 3.05) is 27.2 Å². The zero-order valence-electron chi connectivity index (χ0n) is 15.6. The van der Waals surface area contributed by atoms with Crippen LogP contribution in [0.2, 0.25) is 0 Å². The molecule has 0 unspecified atom stereocenters. The molecule has 0 aromatic heterocycles. The molecule has 0 aliphatic carbocycles. The SMILES string of the molecule is CN1CCc2cc3c(cc2C=C1c1ccc2c(c1C(=O)[O-])OCO2)OCO3.[Na+]. The molecule has 0 N–H and O–H groups in total. The van der Waals surface area contributed by atoms with E-state index in [1.807, 2.05) is 30.2 Å². The first kappa shape index (κ1) is 19.0. The molecule has 0 fully saturated rings. The van der Waals surface area contributed by atoms with Gasteiger partial charge in [-0.2, -0.15) is 0 Å². The van der Waals surface area contributed by atoms with Crippen LogP contribution in [-0.2, 0) is 6.42 Å². The fraction of sp³-hybridized carbons (Fsp3) is 0.250. The Hall–Kier alpha value is -2.35. The molecule has 0 saturated heterocycles. The van der Waals surface area contributed by atoms with Gasteiger partial charge in [0.25, 0.3) is 0 Å². The number of benzene rings is 2. The molecule has 0 saturated carbocycles. The second kappa shape index (κ2) is 7.24. The van der Waals surface area contributed by atoms with Crippen molar-refractivity contribution >= 4 is 17.7 Å². The Balaban J connectivity index is 0.00000192. The van der Waals surface area contributed by atoms with Crippen LogP contribution in [0.1, 0.15) is 27.0 Å². The average Bonchev–Trinajstić information content (AvgIpc) is 3.27. The molecular weight excluding hydrogens is 373 g/mol. The summed E-state index contributed by atoms with van der Waals surface area (Å²) in [6, 6.07) is 7.38. The molecule has 0 bridgehead atoms. The van der Waals surface area contributed by atoms with Crippen molar-refractivity contribution in [3.8, 4) is 23.0 Å². The van der Waals surface area contributed by atoms with Crippen molar-refractivity contribution in [1.29, 1.82) is 0 Å². The van der Waals surface area contributed by atoms with E-state index in [1.165, 1.54) is 0 Å². The number of ether oxygens (including phenoxy) is 4. The van der Waals surface area contributed by atoms with Crippen molar-refractivity contribution in [1.82, 2.24) is 4.90 Å². The van der Waals surface area contributed by atoms with Crippen molar-refractivity contribution in [3.63, 3.8) is 0 Å². The molecule has 0 amide bonds. The molecule has 2 aromatic carbocycles. The molecule has 5 rings (SSSR count). The molecule has 3 aliphatic rings. The molecule has 2 aromatic rings. The number of rotatable bonds is 2. The van der Waals surface area contributed by atoms with E-state index in [9.17, 15) is 9.90 Å². The maximum Gasteiger partial charge on any atom is 1.00 e. The van der Waals surface area contributed by atoms with Crippen molar-refractivity contribution in [3.05, 3.63) is 46.5 Å². The van der Waals surface area contributed by atoms with Crippen LogP contribution < -0.4 is 53.6 Å². The number of carboxylic acid groups (broad SMARTS) is 1. The summed E-state index contributed by atoms with van der Waals surface area (Å²) >= 11 is 0. The van der Waals surface area contributed by atoms with Gasteiger partial charge in [0.15, 0.2) is 23.0 Å². The first-order chi connectivity index (χ1) is 13.1. The molecular formula is C20H16NNaO6. The van der Waals surface area contributed by atoms with E-state index in [4.69, 9.17) is 18.9 Å². The van der Waals surface area contributed by atoms with Crippen molar-refractivity contribution < 1.29 is 58.4 Å². The number of fused-ring (bicyclic) bond motifs is 3. The predicted molar refractivity (Wildman–Crippen MR) is 93.7 cm³/mol. The summed E-state index contributed by atoms with van der Waals surface area (Å²) in [6.07, 6.45) is 2.77. The molecule has 138 valence electrons. The van der Waals surface area contributed by atoms with E-state index in [2.05, 4.69) is 0 Å². The van der Waals surface area contributed by atoms with Crippen LogP contribution in [0.5, 0.6) is 23.0 Å². The summed E-state index contributed by atoms with van der Waals surface area (Å²) in [5, 5.41) is 11.9. The van der Waals surface area contributed by atoms with E-state index in [1.54, 1.807) is 12.1 Å². The van der Waals surface area contributed by atoms with Gasteiger partial charge in [-0.25, -0.2) is 0 Å². The van der Waals surface area contributed by atoms with Crippen LogP contribution in [0.15, 0.2) is 24.3 Å². The van der Waals surface area contributed by atoms with E-state index < -0.39 is 5.97 Å². The Kier molecular flexibility index (Phi) is 4.91. The largest absolute Gasteiger partial charge is 1.00 e. The fourth-order valence-corrected chi connectivity index (χ4v) is 3.69. The van der Waals surface area contributed by atoms with Crippen molar-refractivity contribution in [2.45, 2.75) is 6.42 Å². The molecule has 8 heteroatoms. The van der Waals surface area contributed by atoms with E-state index >= 15 is 0 Å². The smallest absolute Gasteiger partial charge is 0.545 e. The summed E-state index contributed by atoms with van der Waals surface area (Å²) in [4.78, 5) is 13.9. The van der Waals surface area contributed by atoms with Gasteiger partial charge in [0.05, 0.1) is 11.5 Å². The van der Waals surface area contributed by atoms with Crippen LogP contribution in [0.3, 0.4) is 0 Å². The molecule has 3 heterocycles.